The van der Waals surface area contributed by atoms with Gasteiger partial charge in [-0.3, -0.25) is 4.79 Å². The van der Waals surface area contributed by atoms with Crippen molar-refractivity contribution in [3.05, 3.63) is 78.1 Å². The summed E-state index contributed by atoms with van der Waals surface area (Å²) in [4.78, 5) is 26.4. The van der Waals surface area contributed by atoms with Crippen LogP contribution in [-0.2, 0) is 15.7 Å². The monoisotopic (exact) mass is 431 g/mol. The third kappa shape index (κ3) is 5.33. The van der Waals surface area contributed by atoms with Gasteiger partial charge in [-0.05, 0) is 50.2 Å². The molecule has 1 aromatic heterocycles. The number of rotatable bonds is 6. The average Bonchev–Trinajstić information content (AvgIpc) is 3.22. The number of carbonyl (C=O) groups is 2. The Labute approximate surface area is 177 Å². The highest BCUT2D eigenvalue weighted by atomic mass is 19.4. The van der Waals surface area contributed by atoms with Gasteiger partial charge in [0, 0.05) is 17.3 Å². The summed E-state index contributed by atoms with van der Waals surface area (Å²) < 4.78 is 49.1. The first-order chi connectivity index (χ1) is 14.7. The van der Waals surface area contributed by atoms with Crippen LogP contribution in [0.3, 0.4) is 0 Å². The van der Waals surface area contributed by atoms with Crippen molar-refractivity contribution in [2.45, 2.75) is 26.1 Å². The van der Waals surface area contributed by atoms with Gasteiger partial charge in [0.2, 0.25) is 5.76 Å². The molecule has 0 N–H and O–H groups in total. The molecule has 3 aromatic rings. The zero-order chi connectivity index (χ0) is 22.6. The molecule has 1 amide bonds. The molecule has 0 aliphatic carbocycles. The molecular formula is C23H20F3NO4. The fourth-order valence-corrected chi connectivity index (χ4v) is 3.04. The Hall–Kier alpha value is -3.55. The molecule has 0 atom stereocenters. The summed E-state index contributed by atoms with van der Waals surface area (Å²) in [7, 11) is 0. The van der Waals surface area contributed by atoms with Gasteiger partial charge in [-0.25, -0.2) is 4.79 Å². The summed E-state index contributed by atoms with van der Waals surface area (Å²) in [5.41, 5.74) is 0.00852. The summed E-state index contributed by atoms with van der Waals surface area (Å²) in [6.45, 7) is 3.16. The van der Waals surface area contributed by atoms with E-state index in [0.29, 0.717) is 5.69 Å². The number of amides is 1. The van der Waals surface area contributed by atoms with E-state index in [9.17, 15) is 22.8 Å². The van der Waals surface area contributed by atoms with Crippen LogP contribution in [0.2, 0.25) is 0 Å². The molecule has 0 spiro atoms. The van der Waals surface area contributed by atoms with Crippen molar-refractivity contribution < 1.29 is 31.9 Å². The quantitative estimate of drug-likeness (QED) is 0.479. The van der Waals surface area contributed by atoms with Gasteiger partial charge in [0.1, 0.15) is 5.76 Å². The number of anilines is 1. The van der Waals surface area contributed by atoms with E-state index in [1.807, 2.05) is 19.9 Å². The molecule has 31 heavy (non-hydrogen) atoms. The Kier molecular flexibility index (Phi) is 6.48. The summed E-state index contributed by atoms with van der Waals surface area (Å²) in [5, 5.41) is 0. The summed E-state index contributed by atoms with van der Waals surface area (Å²) in [5.74, 6) is -1.43. The molecule has 0 unspecified atom stereocenters. The summed E-state index contributed by atoms with van der Waals surface area (Å²) >= 11 is 0. The fraction of sp³-hybridized carbons (Fsp3) is 0.217. The smallest absolute Gasteiger partial charge is 0.416 e. The SMILES string of the molecule is CC(C)N(C(=O)COC(=O)c1ccc(-c2cccc(C(F)(F)F)c2)o1)c1ccccc1. The number of ether oxygens (including phenoxy) is 1. The topological polar surface area (TPSA) is 59.8 Å². The molecule has 0 aliphatic rings. The van der Waals surface area contributed by atoms with Crippen LogP contribution >= 0.6 is 0 Å². The van der Waals surface area contributed by atoms with Gasteiger partial charge in [0.05, 0.1) is 5.56 Å². The Morgan fingerprint density at radius 2 is 1.71 bits per heavy atom. The van der Waals surface area contributed by atoms with Crippen LogP contribution in [0.15, 0.2) is 71.1 Å². The van der Waals surface area contributed by atoms with Crippen LogP contribution in [0.25, 0.3) is 11.3 Å². The molecule has 0 saturated carbocycles. The number of alkyl halides is 3. The van der Waals surface area contributed by atoms with Gasteiger partial charge in [-0.1, -0.05) is 30.3 Å². The molecule has 3 rings (SSSR count). The van der Waals surface area contributed by atoms with E-state index in [1.54, 1.807) is 24.3 Å². The summed E-state index contributed by atoms with van der Waals surface area (Å²) in [6, 6.07) is 16.0. The van der Waals surface area contributed by atoms with E-state index in [1.165, 1.54) is 29.2 Å². The molecule has 8 heteroatoms. The molecular weight excluding hydrogens is 411 g/mol. The lowest BCUT2D eigenvalue weighted by Gasteiger charge is -2.26. The number of carbonyl (C=O) groups excluding carboxylic acids is 2. The fourth-order valence-electron chi connectivity index (χ4n) is 3.04. The minimum Gasteiger partial charge on any atom is -0.450 e. The van der Waals surface area contributed by atoms with Crippen LogP contribution in [0.5, 0.6) is 0 Å². The van der Waals surface area contributed by atoms with E-state index in [0.717, 1.165) is 12.1 Å². The van der Waals surface area contributed by atoms with Crippen molar-refractivity contribution in [1.29, 1.82) is 0 Å². The third-order valence-corrected chi connectivity index (χ3v) is 4.43. The van der Waals surface area contributed by atoms with Crippen molar-refractivity contribution >= 4 is 17.6 Å². The Bertz CT molecular complexity index is 1060. The zero-order valence-electron chi connectivity index (χ0n) is 16.8. The third-order valence-electron chi connectivity index (χ3n) is 4.43. The van der Waals surface area contributed by atoms with Gasteiger partial charge < -0.3 is 14.1 Å². The summed E-state index contributed by atoms with van der Waals surface area (Å²) in [6.07, 6.45) is -4.49. The second-order valence-corrected chi connectivity index (χ2v) is 7.01. The minimum absolute atomic E-state index is 0.0810. The number of benzene rings is 2. The number of hydrogen-bond acceptors (Lipinski definition) is 4. The lowest BCUT2D eigenvalue weighted by Crippen LogP contribution is -2.39. The van der Waals surface area contributed by atoms with Crippen LogP contribution < -0.4 is 4.90 Å². The molecule has 162 valence electrons. The predicted octanol–water partition coefficient (Wildman–Crippen LogP) is 5.56. The highest BCUT2D eigenvalue weighted by molar-refractivity contribution is 5.97. The predicted molar refractivity (Wildman–Crippen MR) is 108 cm³/mol. The van der Waals surface area contributed by atoms with E-state index in [2.05, 4.69) is 0 Å². The molecule has 0 aliphatic heterocycles. The van der Waals surface area contributed by atoms with Gasteiger partial charge in [0.15, 0.2) is 6.61 Å². The molecule has 1 heterocycles. The van der Waals surface area contributed by atoms with E-state index in [-0.39, 0.29) is 23.1 Å². The molecule has 2 aromatic carbocycles. The van der Waals surface area contributed by atoms with Crippen LogP contribution in [0.4, 0.5) is 18.9 Å². The van der Waals surface area contributed by atoms with Crippen molar-refractivity contribution in [2.24, 2.45) is 0 Å². The second kappa shape index (κ2) is 9.07. The van der Waals surface area contributed by atoms with Gasteiger partial charge in [-0.15, -0.1) is 0 Å². The highest BCUT2D eigenvalue weighted by Gasteiger charge is 2.30. The maximum Gasteiger partial charge on any atom is 0.416 e. The standard InChI is InChI=1S/C23H20F3NO4/c1-15(2)27(18-9-4-3-5-10-18)21(28)14-30-22(29)20-12-11-19(31-20)16-7-6-8-17(13-16)23(24,25)26/h3-13,15H,14H2,1-2H3. The second-order valence-electron chi connectivity index (χ2n) is 7.01. The molecule has 0 radical (unpaired) electrons. The van der Waals surface area contributed by atoms with E-state index < -0.39 is 30.2 Å². The number of halogens is 3. The average molecular weight is 431 g/mol. The van der Waals surface area contributed by atoms with Gasteiger partial charge in [0.25, 0.3) is 5.91 Å². The Morgan fingerprint density at radius 3 is 2.35 bits per heavy atom. The van der Waals surface area contributed by atoms with Crippen LogP contribution in [0, 0.1) is 0 Å². The molecule has 0 fully saturated rings. The lowest BCUT2D eigenvalue weighted by molar-refractivity contribution is -0.137. The van der Waals surface area contributed by atoms with Crippen molar-refractivity contribution in [1.82, 2.24) is 0 Å². The van der Waals surface area contributed by atoms with Gasteiger partial charge in [-0.2, -0.15) is 13.2 Å². The van der Waals surface area contributed by atoms with Crippen LogP contribution in [0.1, 0.15) is 30.0 Å². The van der Waals surface area contributed by atoms with E-state index >= 15 is 0 Å². The Balaban J connectivity index is 1.68. The molecule has 0 saturated heterocycles. The van der Waals surface area contributed by atoms with Crippen molar-refractivity contribution in [3.63, 3.8) is 0 Å². The first-order valence-corrected chi connectivity index (χ1v) is 9.48. The lowest BCUT2D eigenvalue weighted by atomic mass is 10.1. The minimum atomic E-state index is -4.49. The van der Waals surface area contributed by atoms with E-state index in [4.69, 9.17) is 9.15 Å². The number of hydrogen-bond donors (Lipinski definition) is 0. The Morgan fingerprint density at radius 1 is 1.00 bits per heavy atom. The number of nitrogens with zero attached hydrogens (tertiary/aromatic N) is 1. The van der Waals surface area contributed by atoms with Crippen molar-refractivity contribution in [3.8, 4) is 11.3 Å². The highest BCUT2D eigenvalue weighted by Crippen LogP contribution is 2.32. The number of esters is 1. The number of furan rings is 1. The maximum atomic E-state index is 12.9. The normalized spacial score (nSPS) is 11.4. The van der Waals surface area contributed by atoms with Crippen molar-refractivity contribution in [2.75, 3.05) is 11.5 Å². The first-order valence-electron chi connectivity index (χ1n) is 9.48. The maximum absolute atomic E-state index is 12.9. The first kappa shape index (κ1) is 22.1. The van der Waals surface area contributed by atoms with Crippen LogP contribution in [-0.4, -0.2) is 24.5 Å². The molecule has 0 bridgehead atoms. The number of para-hydroxylation sites is 1. The largest absolute Gasteiger partial charge is 0.450 e. The molecule has 5 nitrogen and oxygen atoms in total. The zero-order valence-corrected chi connectivity index (χ0v) is 16.8. The van der Waals surface area contributed by atoms with Gasteiger partial charge >= 0.3 is 12.1 Å².